The molecule has 0 saturated carbocycles. The first kappa shape index (κ1) is 25.0. The molecule has 0 unspecified atom stereocenters. The maximum Gasteiger partial charge on any atom is 0.0627 e. The zero-order chi connectivity index (χ0) is 24.7. The third-order valence-electron chi connectivity index (χ3n) is 7.38. The van der Waals surface area contributed by atoms with Gasteiger partial charge in [0, 0.05) is 11.2 Å². The van der Waals surface area contributed by atoms with E-state index < -0.39 is 7.92 Å². The molecule has 0 spiro atoms. The van der Waals surface area contributed by atoms with Gasteiger partial charge in [-0.1, -0.05) is 120 Å². The molecule has 1 heterocycles. The van der Waals surface area contributed by atoms with Gasteiger partial charge in [0.25, 0.3) is 0 Å². The predicted molar refractivity (Wildman–Crippen MR) is 152 cm³/mol. The van der Waals surface area contributed by atoms with E-state index in [2.05, 4.69) is 139 Å². The molecule has 1 aliphatic rings. The normalized spacial score (nSPS) is 19.4. The van der Waals surface area contributed by atoms with Crippen LogP contribution in [0.1, 0.15) is 84.8 Å². The summed E-state index contributed by atoms with van der Waals surface area (Å²) >= 11 is 0. The molecule has 2 heteroatoms. The quantitative estimate of drug-likeness (QED) is 0.326. The molecule has 34 heavy (non-hydrogen) atoms. The topological polar surface area (TPSA) is 3.24 Å². The lowest BCUT2D eigenvalue weighted by atomic mass is 9.85. The van der Waals surface area contributed by atoms with Crippen molar-refractivity contribution in [1.82, 2.24) is 0 Å². The van der Waals surface area contributed by atoms with Crippen LogP contribution in [0.5, 0.6) is 0 Å². The molecule has 0 aromatic heterocycles. The molecule has 1 atom stereocenters. The molecule has 1 aliphatic heterocycles. The maximum absolute atomic E-state index is 2.88. The molecule has 1 saturated heterocycles. The highest BCUT2D eigenvalue weighted by Crippen LogP contribution is 2.61. The molecule has 1 fully saturated rings. The summed E-state index contributed by atoms with van der Waals surface area (Å²) in [6, 6.07) is 29.6. The lowest BCUT2D eigenvalue weighted by molar-refractivity contribution is 0.359. The number of nitrogens with zero attached hydrogens (tertiary/aromatic N) is 1. The van der Waals surface area contributed by atoms with Gasteiger partial charge in [-0.2, -0.15) is 0 Å². The zero-order valence-corrected chi connectivity index (χ0v) is 23.2. The Hall–Kier alpha value is -2.11. The summed E-state index contributed by atoms with van der Waals surface area (Å²) in [7, 11) is -0.599. The lowest BCUT2D eigenvalue weighted by Gasteiger charge is -2.46. The van der Waals surface area contributed by atoms with Crippen LogP contribution in [0.25, 0.3) is 0 Å². The number of rotatable bonds is 6. The van der Waals surface area contributed by atoms with Crippen LogP contribution in [0.2, 0.25) is 0 Å². The van der Waals surface area contributed by atoms with E-state index in [0.29, 0.717) is 17.6 Å². The number of benzene rings is 3. The highest BCUT2D eigenvalue weighted by atomic mass is 31.1. The summed E-state index contributed by atoms with van der Waals surface area (Å²) in [5.41, 5.74) is 4.69. The van der Waals surface area contributed by atoms with Crippen LogP contribution in [0.4, 0.5) is 5.69 Å². The standard InChI is InChI=1S/C32H42NP/c1-23(2)27-20-15-21-28(24(3)4)29(27)33-30(31(5,6)22-32(33,7)8)34(25-16-11-9-12-17-25)26-18-13-10-14-19-26/h9-21,23-24,30H,22H2,1-8H3/t30-/m0/s1. The van der Waals surface area contributed by atoms with Crippen molar-refractivity contribution in [1.29, 1.82) is 0 Å². The van der Waals surface area contributed by atoms with E-state index >= 15 is 0 Å². The Morgan fingerprint density at radius 2 is 1.12 bits per heavy atom. The van der Waals surface area contributed by atoms with Crippen LogP contribution in [0, 0.1) is 5.41 Å². The number of hydrogen-bond acceptors (Lipinski definition) is 1. The molecule has 0 aliphatic carbocycles. The fourth-order valence-electron chi connectivity index (χ4n) is 6.26. The van der Waals surface area contributed by atoms with Gasteiger partial charge in [0.1, 0.15) is 0 Å². The van der Waals surface area contributed by atoms with Crippen molar-refractivity contribution in [2.45, 2.75) is 85.0 Å². The number of para-hydroxylation sites is 1. The van der Waals surface area contributed by atoms with E-state index in [4.69, 9.17) is 0 Å². The van der Waals surface area contributed by atoms with Gasteiger partial charge in [0.15, 0.2) is 0 Å². The molecule has 0 bridgehead atoms. The highest BCUT2D eigenvalue weighted by molar-refractivity contribution is 7.73. The summed E-state index contributed by atoms with van der Waals surface area (Å²) in [5, 5.41) is 2.94. The highest BCUT2D eigenvalue weighted by Gasteiger charge is 2.55. The van der Waals surface area contributed by atoms with Crippen LogP contribution >= 0.6 is 7.92 Å². The molecule has 3 aromatic carbocycles. The van der Waals surface area contributed by atoms with Crippen LogP contribution in [-0.4, -0.2) is 11.3 Å². The fraction of sp³-hybridized carbons (Fsp3) is 0.438. The average molecular weight is 472 g/mol. The summed E-state index contributed by atoms with van der Waals surface area (Å²) in [5.74, 6) is 1.36. The molecule has 180 valence electrons. The van der Waals surface area contributed by atoms with Gasteiger partial charge in [0.2, 0.25) is 0 Å². The number of hydrogen-bond donors (Lipinski definition) is 0. The van der Waals surface area contributed by atoms with Crippen molar-refractivity contribution in [2.24, 2.45) is 5.41 Å². The van der Waals surface area contributed by atoms with E-state index in [1.165, 1.54) is 33.8 Å². The molecule has 0 N–H and O–H groups in total. The monoisotopic (exact) mass is 471 g/mol. The Kier molecular flexibility index (Phi) is 6.99. The second-order valence-corrected chi connectivity index (χ2v) is 14.1. The predicted octanol–water partition coefficient (Wildman–Crippen LogP) is 8.41. The van der Waals surface area contributed by atoms with Crippen molar-refractivity contribution < 1.29 is 0 Å². The van der Waals surface area contributed by atoms with Crippen LogP contribution in [0.3, 0.4) is 0 Å². The van der Waals surface area contributed by atoms with E-state index in [1.807, 2.05) is 0 Å². The van der Waals surface area contributed by atoms with E-state index in [0.717, 1.165) is 0 Å². The van der Waals surface area contributed by atoms with E-state index in [9.17, 15) is 0 Å². The van der Waals surface area contributed by atoms with Crippen LogP contribution < -0.4 is 15.5 Å². The van der Waals surface area contributed by atoms with Gasteiger partial charge in [-0.3, -0.25) is 0 Å². The minimum Gasteiger partial charge on any atom is -0.358 e. The van der Waals surface area contributed by atoms with E-state index in [-0.39, 0.29) is 11.0 Å². The van der Waals surface area contributed by atoms with Crippen molar-refractivity contribution in [3.63, 3.8) is 0 Å². The zero-order valence-electron chi connectivity index (χ0n) is 22.3. The Morgan fingerprint density at radius 3 is 1.53 bits per heavy atom. The Morgan fingerprint density at radius 1 is 0.676 bits per heavy atom. The minimum atomic E-state index is -0.599. The Balaban J connectivity index is 2.03. The molecule has 0 amide bonds. The molecule has 4 rings (SSSR count). The Bertz CT molecular complexity index is 1030. The molecule has 1 nitrogen and oxygen atoms in total. The van der Waals surface area contributed by atoms with Gasteiger partial charge in [-0.15, -0.1) is 0 Å². The SMILES string of the molecule is CC(C)c1cccc(C(C)C)c1N1[C@@H](P(c2ccccc2)c2ccccc2)C(C)(C)CC1(C)C. The van der Waals surface area contributed by atoms with Gasteiger partial charge < -0.3 is 4.90 Å². The second-order valence-electron chi connectivity index (χ2n) is 11.9. The maximum atomic E-state index is 2.88. The third-order valence-corrected chi connectivity index (χ3v) is 10.5. The van der Waals surface area contributed by atoms with Gasteiger partial charge in [-0.05, 0) is 67.2 Å². The van der Waals surface area contributed by atoms with E-state index in [1.54, 1.807) is 0 Å². The number of anilines is 1. The first-order valence-electron chi connectivity index (χ1n) is 12.9. The largest absolute Gasteiger partial charge is 0.358 e. The van der Waals surface area contributed by atoms with Crippen molar-refractivity contribution >= 4 is 24.2 Å². The Labute approximate surface area is 209 Å². The lowest BCUT2D eigenvalue weighted by Crippen LogP contribution is -2.47. The van der Waals surface area contributed by atoms with Crippen LogP contribution in [-0.2, 0) is 0 Å². The summed E-state index contributed by atoms with van der Waals surface area (Å²) in [6.07, 6.45) is 1.17. The molecular weight excluding hydrogens is 429 g/mol. The van der Waals surface area contributed by atoms with Gasteiger partial charge >= 0.3 is 0 Å². The summed E-state index contributed by atoms with van der Waals surface area (Å²) < 4.78 is 0. The molecule has 0 radical (unpaired) electrons. The summed E-state index contributed by atoms with van der Waals surface area (Å²) in [6.45, 7) is 19.4. The van der Waals surface area contributed by atoms with Crippen molar-refractivity contribution in [2.75, 3.05) is 4.90 Å². The fourth-order valence-corrected chi connectivity index (χ4v) is 9.56. The molecule has 3 aromatic rings. The first-order valence-corrected chi connectivity index (χ1v) is 14.3. The second kappa shape index (κ2) is 9.50. The summed E-state index contributed by atoms with van der Waals surface area (Å²) in [4.78, 5) is 2.88. The third kappa shape index (κ3) is 4.57. The first-order chi connectivity index (χ1) is 16.0. The average Bonchev–Trinajstić information content (AvgIpc) is 2.98. The smallest absolute Gasteiger partial charge is 0.0627 e. The molecular formula is C32H42NP. The van der Waals surface area contributed by atoms with Gasteiger partial charge in [0.05, 0.1) is 5.78 Å². The minimum absolute atomic E-state index is 0.0624. The van der Waals surface area contributed by atoms with Gasteiger partial charge in [-0.25, -0.2) is 0 Å². The van der Waals surface area contributed by atoms with Crippen molar-refractivity contribution in [3.8, 4) is 0 Å². The van der Waals surface area contributed by atoms with Crippen molar-refractivity contribution in [3.05, 3.63) is 90.0 Å². The van der Waals surface area contributed by atoms with Crippen LogP contribution in [0.15, 0.2) is 78.9 Å².